The summed E-state index contributed by atoms with van der Waals surface area (Å²) in [6.07, 6.45) is 1.94. The Bertz CT molecular complexity index is 740. The first-order chi connectivity index (χ1) is 13.5. The molecule has 0 aliphatic carbocycles. The number of nitrogens with zero attached hydrogens (tertiary/aromatic N) is 2. The predicted octanol–water partition coefficient (Wildman–Crippen LogP) is 3.06. The summed E-state index contributed by atoms with van der Waals surface area (Å²) in [6.45, 7) is 6.54. The second-order valence-corrected chi connectivity index (χ2v) is 7.64. The van der Waals surface area contributed by atoms with Crippen LogP contribution in [0.25, 0.3) is 0 Å². The van der Waals surface area contributed by atoms with Gasteiger partial charge in [-0.1, -0.05) is 6.07 Å². The molecule has 2 aromatic rings. The van der Waals surface area contributed by atoms with Crippen molar-refractivity contribution in [2.75, 3.05) is 40.4 Å². The first-order valence-electron chi connectivity index (χ1n) is 9.97. The Kier molecular flexibility index (Phi) is 7.36. The van der Waals surface area contributed by atoms with Crippen molar-refractivity contribution in [3.05, 3.63) is 47.4 Å². The Hall–Kier alpha value is -2.02. The maximum atomic E-state index is 10.2. The number of aliphatic hydroxyl groups excluding tert-OH is 1. The van der Waals surface area contributed by atoms with Crippen LogP contribution in [0.1, 0.15) is 29.9 Å². The molecule has 1 aliphatic heterocycles. The first kappa shape index (κ1) is 20.7. The van der Waals surface area contributed by atoms with Gasteiger partial charge in [0.1, 0.15) is 24.2 Å². The standard InChI is InChI=1S/C22H32N2O4/c1-17-6-8-20(28-17)15-23(2)13-18-7-9-21(22(12-18)26-3)27-16-19(25)14-24-10-4-5-11-24/h6-9,12,19,25H,4-5,10-11,13-16H2,1-3H3/t19-/m1/s1. The topological polar surface area (TPSA) is 58.3 Å². The van der Waals surface area contributed by atoms with Crippen LogP contribution in [0.4, 0.5) is 0 Å². The van der Waals surface area contributed by atoms with Gasteiger partial charge in [0.2, 0.25) is 0 Å². The largest absolute Gasteiger partial charge is 0.493 e. The van der Waals surface area contributed by atoms with Gasteiger partial charge in [-0.15, -0.1) is 0 Å². The summed E-state index contributed by atoms with van der Waals surface area (Å²) in [6, 6.07) is 9.94. The molecule has 2 heterocycles. The van der Waals surface area contributed by atoms with Crippen molar-refractivity contribution < 1.29 is 19.0 Å². The number of methoxy groups -OCH3 is 1. The molecular weight excluding hydrogens is 356 g/mol. The van der Waals surface area contributed by atoms with E-state index < -0.39 is 6.10 Å². The van der Waals surface area contributed by atoms with Crippen molar-refractivity contribution in [1.29, 1.82) is 0 Å². The molecule has 0 saturated carbocycles. The van der Waals surface area contributed by atoms with Crippen LogP contribution in [-0.4, -0.2) is 61.4 Å². The molecule has 1 fully saturated rings. The molecule has 0 spiro atoms. The number of hydrogen-bond donors (Lipinski definition) is 1. The summed E-state index contributed by atoms with van der Waals surface area (Å²) in [5.41, 5.74) is 1.13. The van der Waals surface area contributed by atoms with E-state index in [1.165, 1.54) is 12.8 Å². The van der Waals surface area contributed by atoms with E-state index in [0.29, 0.717) is 18.0 Å². The Morgan fingerprint density at radius 2 is 1.93 bits per heavy atom. The third-order valence-corrected chi connectivity index (χ3v) is 5.00. The van der Waals surface area contributed by atoms with Gasteiger partial charge in [-0.05, 0) is 69.7 Å². The molecule has 1 aliphatic rings. The highest BCUT2D eigenvalue weighted by Gasteiger charge is 2.17. The average Bonchev–Trinajstić information content (AvgIpc) is 3.32. The lowest BCUT2D eigenvalue weighted by atomic mass is 10.2. The van der Waals surface area contributed by atoms with Crippen LogP contribution < -0.4 is 9.47 Å². The van der Waals surface area contributed by atoms with E-state index in [9.17, 15) is 5.11 Å². The molecular formula is C22H32N2O4. The van der Waals surface area contributed by atoms with Crippen LogP contribution in [0.3, 0.4) is 0 Å². The van der Waals surface area contributed by atoms with E-state index in [1.807, 2.05) is 37.3 Å². The summed E-state index contributed by atoms with van der Waals surface area (Å²) in [5, 5.41) is 10.2. The normalized spacial score (nSPS) is 15.9. The van der Waals surface area contributed by atoms with Crippen LogP contribution in [0.15, 0.2) is 34.7 Å². The number of β-amino-alcohol motifs (C(OH)–C–C–N with tert-alkyl or cyclic N) is 1. The summed E-state index contributed by atoms with van der Waals surface area (Å²) in [4.78, 5) is 4.47. The third kappa shape index (κ3) is 5.99. The third-order valence-electron chi connectivity index (χ3n) is 5.00. The molecule has 3 rings (SSSR count). The number of rotatable bonds is 10. The van der Waals surface area contributed by atoms with Gasteiger partial charge in [-0.2, -0.15) is 0 Å². The lowest BCUT2D eigenvalue weighted by molar-refractivity contribution is 0.0747. The zero-order valence-corrected chi connectivity index (χ0v) is 17.2. The van der Waals surface area contributed by atoms with Crippen molar-refractivity contribution in [2.24, 2.45) is 0 Å². The van der Waals surface area contributed by atoms with Crippen LogP contribution in [-0.2, 0) is 13.1 Å². The first-order valence-corrected chi connectivity index (χ1v) is 9.97. The minimum absolute atomic E-state index is 0.268. The number of benzene rings is 1. The number of likely N-dealkylation sites (tertiary alicyclic amines) is 1. The number of hydrogen-bond acceptors (Lipinski definition) is 6. The van der Waals surface area contributed by atoms with E-state index in [4.69, 9.17) is 13.9 Å². The highest BCUT2D eigenvalue weighted by Crippen LogP contribution is 2.29. The number of aliphatic hydroxyl groups is 1. The molecule has 154 valence electrons. The second kappa shape index (κ2) is 9.96. The van der Waals surface area contributed by atoms with E-state index in [-0.39, 0.29) is 6.61 Å². The minimum Gasteiger partial charge on any atom is -0.493 e. The molecule has 1 N–H and O–H groups in total. The van der Waals surface area contributed by atoms with Gasteiger partial charge in [-0.3, -0.25) is 4.90 Å². The molecule has 1 aromatic carbocycles. The molecule has 1 atom stereocenters. The fraction of sp³-hybridized carbons (Fsp3) is 0.545. The van der Waals surface area contributed by atoms with Gasteiger partial charge in [0.05, 0.1) is 13.7 Å². The quantitative estimate of drug-likeness (QED) is 0.675. The summed E-state index contributed by atoms with van der Waals surface area (Å²) in [5.74, 6) is 3.24. The molecule has 0 radical (unpaired) electrons. The van der Waals surface area contributed by atoms with Gasteiger partial charge in [0.25, 0.3) is 0 Å². The van der Waals surface area contributed by atoms with Crippen molar-refractivity contribution in [3.8, 4) is 11.5 Å². The Morgan fingerprint density at radius 3 is 2.61 bits per heavy atom. The minimum atomic E-state index is -0.495. The Balaban J connectivity index is 1.52. The summed E-state index contributed by atoms with van der Waals surface area (Å²) < 4.78 is 17.0. The van der Waals surface area contributed by atoms with Gasteiger partial charge in [0.15, 0.2) is 11.5 Å². The van der Waals surface area contributed by atoms with Gasteiger partial charge < -0.3 is 23.9 Å². The molecule has 0 amide bonds. The molecule has 0 bridgehead atoms. The monoisotopic (exact) mass is 388 g/mol. The highest BCUT2D eigenvalue weighted by atomic mass is 16.5. The average molecular weight is 389 g/mol. The Morgan fingerprint density at radius 1 is 1.14 bits per heavy atom. The number of ether oxygens (including phenoxy) is 2. The summed E-state index contributed by atoms with van der Waals surface area (Å²) >= 11 is 0. The number of furan rings is 1. The van der Waals surface area contributed by atoms with Crippen LogP contribution in [0.2, 0.25) is 0 Å². The lowest BCUT2D eigenvalue weighted by Crippen LogP contribution is -2.33. The van der Waals surface area contributed by atoms with E-state index in [0.717, 1.165) is 43.3 Å². The van der Waals surface area contributed by atoms with Crippen molar-refractivity contribution in [2.45, 2.75) is 39.0 Å². The van der Waals surface area contributed by atoms with Crippen molar-refractivity contribution in [1.82, 2.24) is 9.80 Å². The van der Waals surface area contributed by atoms with E-state index in [1.54, 1.807) is 7.11 Å². The van der Waals surface area contributed by atoms with Crippen LogP contribution in [0.5, 0.6) is 11.5 Å². The Labute approximate surface area is 167 Å². The molecule has 6 heteroatoms. The van der Waals surface area contributed by atoms with Crippen LogP contribution in [0, 0.1) is 6.92 Å². The molecule has 1 saturated heterocycles. The lowest BCUT2D eigenvalue weighted by Gasteiger charge is -2.20. The molecule has 28 heavy (non-hydrogen) atoms. The zero-order valence-electron chi connectivity index (χ0n) is 17.2. The number of aryl methyl sites for hydroxylation is 1. The summed E-state index contributed by atoms with van der Waals surface area (Å²) in [7, 11) is 3.70. The van der Waals surface area contributed by atoms with E-state index in [2.05, 4.69) is 16.8 Å². The smallest absolute Gasteiger partial charge is 0.161 e. The predicted molar refractivity (Wildman–Crippen MR) is 109 cm³/mol. The van der Waals surface area contributed by atoms with Gasteiger partial charge in [0, 0.05) is 13.1 Å². The van der Waals surface area contributed by atoms with Gasteiger partial charge in [-0.25, -0.2) is 0 Å². The SMILES string of the molecule is COc1cc(CN(C)Cc2ccc(C)o2)ccc1OC[C@H](O)CN1CCCC1. The highest BCUT2D eigenvalue weighted by molar-refractivity contribution is 5.43. The molecule has 6 nitrogen and oxygen atoms in total. The van der Waals surface area contributed by atoms with Gasteiger partial charge >= 0.3 is 0 Å². The second-order valence-electron chi connectivity index (χ2n) is 7.64. The molecule has 0 unspecified atom stereocenters. The van der Waals surface area contributed by atoms with E-state index >= 15 is 0 Å². The maximum Gasteiger partial charge on any atom is 0.161 e. The van der Waals surface area contributed by atoms with Crippen molar-refractivity contribution in [3.63, 3.8) is 0 Å². The molecule has 1 aromatic heterocycles. The van der Waals surface area contributed by atoms with Crippen LogP contribution >= 0.6 is 0 Å². The van der Waals surface area contributed by atoms with Crippen molar-refractivity contribution >= 4 is 0 Å². The fourth-order valence-corrected chi connectivity index (χ4v) is 3.64. The zero-order chi connectivity index (χ0) is 19.9. The maximum absolute atomic E-state index is 10.2. The fourth-order valence-electron chi connectivity index (χ4n) is 3.64.